The minimum Gasteiger partial charge on any atom is -0.366 e. The SMILES string of the molecule is CC(c1cccnc1)n1cc(-c2cccc(-c3ccn4nc(N)nc4c3)c2F)cn1. The molecule has 0 bridgehead atoms. The highest BCUT2D eigenvalue weighted by Crippen LogP contribution is 2.32. The number of fused-ring (bicyclic) bond motifs is 1. The van der Waals surface area contributed by atoms with Crippen LogP contribution in [0.1, 0.15) is 18.5 Å². The average molecular weight is 399 g/mol. The van der Waals surface area contributed by atoms with Gasteiger partial charge < -0.3 is 5.73 Å². The number of nitrogen functional groups attached to an aromatic ring is 1. The summed E-state index contributed by atoms with van der Waals surface area (Å²) in [7, 11) is 0. The second-order valence-corrected chi connectivity index (χ2v) is 7.03. The Morgan fingerprint density at radius 1 is 1.03 bits per heavy atom. The molecule has 30 heavy (non-hydrogen) atoms. The van der Waals surface area contributed by atoms with E-state index in [1.807, 2.05) is 36.0 Å². The first kappa shape index (κ1) is 18.0. The Bertz CT molecular complexity index is 1340. The lowest BCUT2D eigenvalue weighted by atomic mass is 10.0. The zero-order valence-electron chi connectivity index (χ0n) is 16.1. The molecule has 0 aliphatic carbocycles. The van der Waals surface area contributed by atoms with Gasteiger partial charge in [-0.15, -0.1) is 5.10 Å². The zero-order valence-corrected chi connectivity index (χ0v) is 16.1. The molecule has 0 aliphatic heterocycles. The van der Waals surface area contributed by atoms with E-state index < -0.39 is 0 Å². The van der Waals surface area contributed by atoms with E-state index in [0.717, 1.165) is 5.56 Å². The summed E-state index contributed by atoms with van der Waals surface area (Å²) >= 11 is 0. The number of anilines is 1. The number of halogens is 1. The van der Waals surface area contributed by atoms with Crippen molar-refractivity contribution in [3.63, 3.8) is 0 Å². The van der Waals surface area contributed by atoms with Crippen LogP contribution in [0.5, 0.6) is 0 Å². The standard InChI is InChI=1S/C22H18FN7/c1-14(16-4-3-8-25-11-16)30-13-17(12-26-30)19-6-2-5-18(21(19)23)15-7-9-29-20(10-15)27-22(24)28-29/h2-14H,1H3,(H2,24,28). The first-order chi connectivity index (χ1) is 14.6. The average Bonchev–Trinajstić information content (AvgIpc) is 3.39. The van der Waals surface area contributed by atoms with Gasteiger partial charge in [0.2, 0.25) is 5.95 Å². The number of rotatable bonds is 4. The molecule has 7 nitrogen and oxygen atoms in total. The lowest BCUT2D eigenvalue weighted by molar-refractivity contribution is 0.563. The quantitative estimate of drug-likeness (QED) is 0.494. The van der Waals surface area contributed by atoms with Gasteiger partial charge in [-0.3, -0.25) is 9.67 Å². The maximum absolute atomic E-state index is 15.5. The van der Waals surface area contributed by atoms with Crippen molar-refractivity contribution in [3.05, 3.63) is 84.8 Å². The van der Waals surface area contributed by atoms with Crippen LogP contribution in [0.25, 0.3) is 27.9 Å². The van der Waals surface area contributed by atoms with E-state index in [4.69, 9.17) is 5.73 Å². The second-order valence-electron chi connectivity index (χ2n) is 7.03. The number of pyridine rings is 2. The first-order valence-corrected chi connectivity index (χ1v) is 9.45. The highest BCUT2D eigenvalue weighted by atomic mass is 19.1. The molecular weight excluding hydrogens is 381 g/mol. The van der Waals surface area contributed by atoms with Crippen molar-refractivity contribution in [2.24, 2.45) is 0 Å². The van der Waals surface area contributed by atoms with Crippen LogP contribution in [0.4, 0.5) is 10.3 Å². The van der Waals surface area contributed by atoms with Crippen molar-refractivity contribution in [1.29, 1.82) is 0 Å². The van der Waals surface area contributed by atoms with Crippen molar-refractivity contribution in [2.45, 2.75) is 13.0 Å². The van der Waals surface area contributed by atoms with E-state index in [0.29, 0.717) is 27.9 Å². The fourth-order valence-corrected chi connectivity index (χ4v) is 3.51. The fourth-order valence-electron chi connectivity index (χ4n) is 3.51. The third-order valence-corrected chi connectivity index (χ3v) is 5.14. The second kappa shape index (κ2) is 7.07. The predicted octanol–water partition coefficient (Wildman–Crippen LogP) is 3.99. The molecule has 0 saturated carbocycles. The molecule has 1 aromatic carbocycles. The summed E-state index contributed by atoms with van der Waals surface area (Å²) in [6.07, 6.45) is 8.78. The van der Waals surface area contributed by atoms with Crippen LogP contribution in [0.3, 0.4) is 0 Å². The Hall–Kier alpha value is -4.07. The number of nitrogens with zero attached hydrogens (tertiary/aromatic N) is 6. The number of nitrogens with two attached hydrogens (primary N) is 1. The van der Waals surface area contributed by atoms with Crippen LogP contribution in [-0.4, -0.2) is 29.4 Å². The number of aromatic nitrogens is 6. The third-order valence-electron chi connectivity index (χ3n) is 5.14. The van der Waals surface area contributed by atoms with Crippen molar-refractivity contribution < 1.29 is 4.39 Å². The summed E-state index contributed by atoms with van der Waals surface area (Å²) in [6.45, 7) is 2.03. The maximum Gasteiger partial charge on any atom is 0.240 e. The summed E-state index contributed by atoms with van der Waals surface area (Å²) in [6, 6.07) is 12.7. The Labute approximate surface area is 171 Å². The minimum absolute atomic E-state index is 0.0144. The maximum atomic E-state index is 15.5. The fraction of sp³-hybridized carbons (Fsp3) is 0.0909. The highest BCUT2D eigenvalue weighted by Gasteiger charge is 2.16. The molecule has 5 rings (SSSR count). The minimum atomic E-state index is -0.317. The Morgan fingerprint density at radius 2 is 1.87 bits per heavy atom. The van der Waals surface area contributed by atoms with Crippen molar-refractivity contribution >= 4 is 11.6 Å². The Balaban J connectivity index is 1.52. The van der Waals surface area contributed by atoms with Crippen LogP contribution in [0.15, 0.2) is 73.4 Å². The van der Waals surface area contributed by atoms with Gasteiger partial charge in [-0.2, -0.15) is 10.1 Å². The van der Waals surface area contributed by atoms with Gasteiger partial charge in [0.05, 0.1) is 12.2 Å². The Morgan fingerprint density at radius 3 is 2.67 bits per heavy atom. The van der Waals surface area contributed by atoms with Crippen LogP contribution < -0.4 is 5.73 Å². The van der Waals surface area contributed by atoms with E-state index in [1.54, 1.807) is 53.6 Å². The van der Waals surface area contributed by atoms with Gasteiger partial charge in [0.1, 0.15) is 5.82 Å². The summed E-state index contributed by atoms with van der Waals surface area (Å²) in [5.74, 6) is -0.139. The van der Waals surface area contributed by atoms with Gasteiger partial charge in [-0.05, 0) is 36.2 Å². The van der Waals surface area contributed by atoms with E-state index in [1.165, 1.54) is 0 Å². The summed E-state index contributed by atoms with van der Waals surface area (Å²) in [5.41, 5.74) is 9.61. The van der Waals surface area contributed by atoms with E-state index >= 15 is 4.39 Å². The van der Waals surface area contributed by atoms with E-state index in [9.17, 15) is 0 Å². The molecule has 148 valence electrons. The van der Waals surface area contributed by atoms with Crippen LogP contribution in [-0.2, 0) is 0 Å². The van der Waals surface area contributed by atoms with Gasteiger partial charge in [-0.25, -0.2) is 8.91 Å². The zero-order chi connectivity index (χ0) is 20.7. The van der Waals surface area contributed by atoms with Gasteiger partial charge in [-0.1, -0.05) is 24.3 Å². The molecule has 0 saturated heterocycles. The molecule has 2 N–H and O–H groups in total. The molecule has 1 atom stereocenters. The molecule has 0 spiro atoms. The normalized spacial score (nSPS) is 12.3. The lowest BCUT2D eigenvalue weighted by Gasteiger charge is -2.12. The summed E-state index contributed by atoms with van der Waals surface area (Å²) < 4.78 is 18.8. The molecule has 4 aromatic heterocycles. The summed E-state index contributed by atoms with van der Waals surface area (Å²) in [4.78, 5) is 8.31. The highest BCUT2D eigenvalue weighted by molar-refractivity contribution is 5.75. The molecule has 0 amide bonds. The van der Waals surface area contributed by atoms with Gasteiger partial charge in [0.15, 0.2) is 5.65 Å². The van der Waals surface area contributed by atoms with Gasteiger partial charge >= 0.3 is 0 Å². The molecule has 0 radical (unpaired) electrons. The van der Waals surface area contributed by atoms with E-state index in [2.05, 4.69) is 20.2 Å². The topological polar surface area (TPSA) is 86.9 Å². The van der Waals surface area contributed by atoms with Crippen molar-refractivity contribution in [2.75, 3.05) is 5.73 Å². The van der Waals surface area contributed by atoms with Crippen molar-refractivity contribution in [1.82, 2.24) is 29.4 Å². The smallest absolute Gasteiger partial charge is 0.240 e. The third kappa shape index (κ3) is 3.08. The molecule has 0 aliphatic rings. The summed E-state index contributed by atoms with van der Waals surface area (Å²) in [5, 5.41) is 8.50. The number of hydrogen-bond acceptors (Lipinski definition) is 5. The number of hydrogen-bond donors (Lipinski definition) is 1. The van der Waals surface area contributed by atoms with E-state index in [-0.39, 0.29) is 17.8 Å². The molecule has 0 fully saturated rings. The molecule has 8 heteroatoms. The van der Waals surface area contributed by atoms with Crippen LogP contribution in [0.2, 0.25) is 0 Å². The molecule has 4 heterocycles. The predicted molar refractivity (Wildman–Crippen MR) is 112 cm³/mol. The van der Waals surface area contributed by atoms with Gasteiger partial charge in [0.25, 0.3) is 0 Å². The monoisotopic (exact) mass is 399 g/mol. The largest absolute Gasteiger partial charge is 0.366 e. The molecule has 1 unspecified atom stereocenters. The lowest BCUT2D eigenvalue weighted by Crippen LogP contribution is -2.07. The number of benzene rings is 1. The molecule has 5 aromatic rings. The van der Waals surface area contributed by atoms with Gasteiger partial charge in [0, 0.05) is 41.5 Å². The molecular formula is C22H18FN7. The first-order valence-electron chi connectivity index (χ1n) is 9.45. The van der Waals surface area contributed by atoms with Crippen molar-refractivity contribution in [3.8, 4) is 22.3 Å². The Kier molecular flexibility index (Phi) is 4.24. The van der Waals surface area contributed by atoms with Crippen LogP contribution >= 0.6 is 0 Å². The van der Waals surface area contributed by atoms with Crippen LogP contribution in [0, 0.1) is 5.82 Å².